The third kappa shape index (κ3) is 5.20. The first-order valence-corrected chi connectivity index (χ1v) is 19.3. The zero-order valence-corrected chi connectivity index (χ0v) is 30.9. The number of fused-ring (bicyclic) bond motifs is 9. The van der Waals surface area contributed by atoms with Crippen LogP contribution in [0.4, 0.5) is 0 Å². The minimum Gasteiger partial charge on any atom is -0.455 e. The summed E-state index contributed by atoms with van der Waals surface area (Å²) in [7, 11) is 0. The van der Waals surface area contributed by atoms with Gasteiger partial charge in [-0.25, -0.2) is 19.9 Å². The largest absolute Gasteiger partial charge is 0.455 e. The van der Waals surface area contributed by atoms with Crippen LogP contribution in [0.25, 0.3) is 122 Å². The fourth-order valence-corrected chi connectivity index (χ4v) is 8.29. The Morgan fingerprint density at radius 3 is 1.67 bits per heavy atom. The summed E-state index contributed by atoms with van der Waals surface area (Å²) in [6.07, 6.45) is 0. The van der Waals surface area contributed by atoms with Crippen LogP contribution in [0.3, 0.4) is 0 Å². The van der Waals surface area contributed by atoms with Gasteiger partial charge in [0.25, 0.3) is 0 Å². The van der Waals surface area contributed by atoms with Crippen molar-refractivity contribution in [2.75, 3.05) is 0 Å². The van der Waals surface area contributed by atoms with E-state index in [0.29, 0.717) is 17.5 Å². The number of para-hydroxylation sites is 3. The van der Waals surface area contributed by atoms with Gasteiger partial charge >= 0.3 is 0 Å². The third-order valence-electron chi connectivity index (χ3n) is 11.1. The molecule has 4 aromatic heterocycles. The molecule has 12 rings (SSSR count). The number of hydrogen-bond acceptors (Lipinski definition) is 6. The van der Waals surface area contributed by atoms with E-state index >= 15 is 0 Å². The molecule has 0 fully saturated rings. The summed E-state index contributed by atoms with van der Waals surface area (Å²) in [5, 5.41) is 7.50. The van der Waals surface area contributed by atoms with Crippen molar-refractivity contribution in [2.24, 2.45) is 0 Å². The fraction of sp³-hybridized carbons (Fsp3) is 0. The van der Waals surface area contributed by atoms with E-state index in [2.05, 4.69) is 103 Å². The van der Waals surface area contributed by atoms with Gasteiger partial charge in [0.15, 0.2) is 17.5 Å². The smallest absolute Gasteiger partial charge is 0.164 e. The van der Waals surface area contributed by atoms with Crippen LogP contribution >= 0.6 is 0 Å². The molecule has 12 aromatic rings. The number of furan rings is 2. The van der Waals surface area contributed by atoms with Crippen LogP contribution in [-0.2, 0) is 0 Å². The molecule has 6 nitrogen and oxygen atoms in total. The molecule has 4 heterocycles. The van der Waals surface area contributed by atoms with Crippen molar-refractivity contribution in [3.8, 4) is 56.5 Å². The van der Waals surface area contributed by atoms with Crippen molar-refractivity contribution in [3.63, 3.8) is 0 Å². The van der Waals surface area contributed by atoms with Gasteiger partial charge in [0.1, 0.15) is 22.3 Å². The second kappa shape index (κ2) is 12.8. The molecular weight excluding hydrogens is 713 g/mol. The predicted molar refractivity (Wildman–Crippen MR) is 234 cm³/mol. The molecule has 0 bridgehead atoms. The molecule has 0 atom stereocenters. The maximum atomic E-state index is 6.58. The average molecular weight is 743 g/mol. The Labute approximate surface area is 331 Å². The number of aromatic nitrogens is 4. The summed E-state index contributed by atoms with van der Waals surface area (Å²) in [6.45, 7) is 0. The van der Waals surface area contributed by atoms with E-state index in [9.17, 15) is 0 Å². The molecule has 0 saturated carbocycles. The van der Waals surface area contributed by atoms with Gasteiger partial charge in [0.05, 0.1) is 16.6 Å². The predicted octanol–water partition coefficient (Wildman–Crippen LogP) is 13.7. The highest BCUT2D eigenvalue weighted by atomic mass is 16.3. The van der Waals surface area contributed by atoms with Gasteiger partial charge in [0.2, 0.25) is 0 Å². The Morgan fingerprint density at radius 1 is 0.328 bits per heavy atom. The Morgan fingerprint density at radius 2 is 0.879 bits per heavy atom. The van der Waals surface area contributed by atoms with E-state index in [0.717, 1.165) is 105 Å². The highest BCUT2D eigenvalue weighted by molar-refractivity contribution is 6.20. The molecule has 8 aromatic carbocycles. The summed E-state index contributed by atoms with van der Waals surface area (Å²) in [4.78, 5) is 20.5. The first kappa shape index (κ1) is 32.3. The lowest BCUT2D eigenvalue weighted by atomic mass is 9.99. The zero-order valence-electron chi connectivity index (χ0n) is 30.9. The summed E-state index contributed by atoms with van der Waals surface area (Å²) >= 11 is 0. The third-order valence-corrected chi connectivity index (χ3v) is 11.1. The molecule has 0 amide bonds. The number of pyridine rings is 1. The lowest BCUT2D eigenvalue weighted by Crippen LogP contribution is -2.00. The molecule has 0 unspecified atom stereocenters. The Kier molecular flexibility index (Phi) is 7.13. The number of rotatable bonds is 5. The number of benzene rings is 8. The molecule has 0 aliphatic rings. The van der Waals surface area contributed by atoms with Gasteiger partial charge in [-0.15, -0.1) is 0 Å². The van der Waals surface area contributed by atoms with Crippen LogP contribution in [0.5, 0.6) is 0 Å². The van der Waals surface area contributed by atoms with E-state index in [4.69, 9.17) is 28.8 Å². The summed E-state index contributed by atoms with van der Waals surface area (Å²) < 4.78 is 13.0. The molecule has 0 aliphatic carbocycles. The van der Waals surface area contributed by atoms with E-state index in [1.165, 1.54) is 0 Å². The van der Waals surface area contributed by atoms with E-state index < -0.39 is 0 Å². The van der Waals surface area contributed by atoms with Crippen LogP contribution in [0.2, 0.25) is 0 Å². The van der Waals surface area contributed by atoms with Crippen molar-refractivity contribution < 1.29 is 8.83 Å². The standard InChI is InChI=1S/C52H30N4O2/c1-2-12-32(13-3-1)50-54-51(56-52(55-50)37-17-10-16-36(28-37)38-20-11-21-40-39-18-6-8-22-44(39)57-48(38)40)33-26-24-31(25-27-33)47-46-41-19-7-9-23-45(41)58-49(46)42-29-34-14-4-5-15-35(34)30-43(42)53-47/h1-30H. The zero-order chi connectivity index (χ0) is 38.2. The van der Waals surface area contributed by atoms with Crippen molar-refractivity contribution in [2.45, 2.75) is 0 Å². The monoisotopic (exact) mass is 742 g/mol. The Balaban J connectivity index is 0.993. The van der Waals surface area contributed by atoms with E-state index in [1.807, 2.05) is 78.9 Å². The Hall–Kier alpha value is -7.96. The summed E-state index contributed by atoms with van der Waals surface area (Å²) in [5.74, 6) is 1.77. The molecule has 270 valence electrons. The number of hydrogen-bond donors (Lipinski definition) is 0. The van der Waals surface area contributed by atoms with Gasteiger partial charge in [-0.05, 0) is 46.7 Å². The molecule has 0 radical (unpaired) electrons. The quantitative estimate of drug-likeness (QED) is 0.163. The highest BCUT2D eigenvalue weighted by Gasteiger charge is 2.20. The second-order valence-electron chi connectivity index (χ2n) is 14.6. The summed E-state index contributed by atoms with van der Waals surface area (Å²) in [6, 6.07) is 62.1. The molecule has 0 N–H and O–H groups in total. The normalized spacial score (nSPS) is 11.8. The molecule has 6 heteroatoms. The molecule has 0 aliphatic heterocycles. The van der Waals surface area contributed by atoms with Crippen LogP contribution < -0.4 is 0 Å². The first-order chi connectivity index (χ1) is 28.7. The Bertz CT molecular complexity index is 3570. The van der Waals surface area contributed by atoms with Crippen molar-refractivity contribution >= 4 is 65.6 Å². The fourth-order valence-electron chi connectivity index (χ4n) is 8.29. The van der Waals surface area contributed by atoms with Crippen LogP contribution in [0, 0.1) is 0 Å². The van der Waals surface area contributed by atoms with Crippen molar-refractivity contribution in [3.05, 3.63) is 182 Å². The van der Waals surface area contributed by atoms with Gasteiger partial charge in [-0.1, -0.05) is 152 Å². The van der Waals surface area contributed by atoms with Crippen molar-refractivity contribution in [1.82, 2.24) is 19.9 Å². The molecule has 58 heavy (non-hydrogen) atoms. The summed E-state index contributed by atoms with van der Waals surface area (Å²) in [5.41, 5.74) is 10.8. The van der Waals surface area contributed by atoms with Crippen LogP contribution in [0.15, 0.2) is 191 Å². The second-order valence-corrected chi connectivity index (χ2v) is 14.6. The highest BCUT2D eigenvalue weighted by Crippen LogP contribution is 2.41. The molecular formula is C52H30N4O2. The maximum Gasteiger partial charge on any atom is 0.164 e. The van der Waals surface area contributed by atoms with Gasteiger partial charge < -0.3 is 8.83 Å². The van der Waals surface area contributed by atoms with E-state index in [1.54, 1.807) is 0 Å². The maximum absolute atomic E-state index is 6.58. The number of nitrogens with zero attached hydrogens (tertiary/aromatic N) is 4. The lowest BCUT2D eigenvalue weighted by molar-refractivity contribution is 0.670. The minimum atomic E-state index is 0.581. The first-order valence-electron chi connectivity index (χ1n) is 19.3. The lowest BCUT2D eigenvalue weighted by Gasteiger charge is -2.11. The average Bonchev–Trinajstić information content (AvgIpc) is 3.88. The molecule has 0 saturated heterocycles. The van der Waals surface area contributed by atoms with Gasteiger partial charge in [0, 0.05) is 49.4 Å². The SMILES string of the molecule is c1ccc(-c2nc(-c3ccc(-c4nc5cc6ccccc6cc5c5oc6ccccc6c45)cc3)nc(-c3cccc(-c4cccc5c4oc4ccccc45)c3)n2)cc1. The minimum absolute atomic E-state index is 0.581. The van der Waals surface area contributed by atoms with Crippen LogP contribution in [-0.4, -0.2) is 19.9 Å². The molecule has 0 spiro atoms. The van der Waals surface area contributed by atoms with Crippen LogP contribution in [0.1, 0.15) is 0 Å². The van der Waals surface area contributed by atoms with Crippen molar-refractivity contribution in [1.29, 1.82) is 0 Å². The topological polar surface area (TPSA) is 77.8 Å². The van der Waals surface area contributed by atoms with Gasteiger partial charge in [-0.2, -0.15) is 0 Å². The van der Waals surface area contributed by atoms with E-state index in [-0.39, 0.29) is 0 Å². The van der Waals surface area contributed by atoms with Gasteiger partial charge in [-0.3, -0.25) is 0 Å².